The Morgan fingerprint density at radius 3 is 1.75 bits per heavy atom. The van der Waals surface area contributed by atoms with Gasteiger partial charge in [-0.1, -0.05) is 60.8 Å². The number of ether oxygens (including phenoxy) is 1. The van der Waals surface area contributed by atoms with E-state index < -0.39 is 35.8 Å². The molecule has 0 aromatic rings. The van der Waals surface area contributed by atoms with E-state index in [2.05, 4.69) is 22.9 Å². The topological polar surface area (TPSA) is 117 Å². The van der Waals surface area contributed by atoms with Gasteiger partial charge < -0.3 is 25.8 Å². The standard InChI is InChI=1S/C24H47N3O5/c1-10-12-14-18(28)17(13-11-2)25-21(29)19(15(3)4)26-22(30)20(16(5)6)27-23(31)32-24(7,8)9/h15-20,28H,10-14H2,1-9H3,(H,25,29)(H,26,30)(H,27,31)/t17-,18-,19-,20-/m0/s1. The third kappa shape index (κ3) is 11.7. The molecular weight excluding hydrogens is 410 g/mol. The summed E-state index contributed by atoms with van der Waals surface area (Å²) in [5.74, 6) is -1.16. The highest BCUT2D eigenvalue weighted by Gasteiger charge is 2.33. The molecule has 8 nitrogen and oxygen atoms in total. The second-order valence-corrected chi connectivity index (χ2v) is 10.2. The first-order valence-electron chi connectivity index (χ1n) is 12.0. The summed E-state index contributed by atoms with van der Waals surface area (Å²) in [7, 11) is 0. The van der Waals surface area contributed by atoms with Crippen molar-refractivity contribution in [1.82, 2.24) is 16.0 Å². The van der Waals surface area contributed by atoms with Crippen LogP contribution in [0, 0.1) is 11.8 Å². The van der Waals surface area contributed by atoms with E-state index >= 15 is 0 Å². The summed E-state index contributed by atoms with van der Waals surface area (Å²) in [4.78, 5) is 38.2. The van der Waals surface area contributed by atoms with Crippen LogP contribution in [0.3, 0.4) is 0 Å². The van der Waals surface area contributed by atoms with Gasteiger partial charge in [0.1, 0.15) is 17.7 Å². The van der Waals surface area contributed by atoms with Gasteiger partial charge in [-0.3, -0.25) is 9.59 Å². The number of nitrogens with one attached hydrogen (secondary N) is 3. The maximum atomic E-state index is 13.0. The molecule has 0 aromatic heterocycles. The number of alkyl carbamates (subject to hydrolysis) is 1. The molecule has 8 heteroatoms. The minimum atomic E-state index is -0.847. The van der Waals surface area contributed by atoms with Gasteiger partial charge in [0.15, 0.2) is 0 Å². The number of aliphatic hydroxyl groups is 1. The van der Waals surface area contributed by atoms with Crippen LogP contribution in [0.2, 0.25) is 0 Å². The van der Waals surface area contributed by atoms with Crippen molar-refractivity contribution in [2.45, 2.75) is 124 Å². The zero-order valence-corrected chi connectivity index (χ0v) is 21.6. The van der Waals surface area contributed by atoms with Crippen molar-refractivity contribution < 1.29 is 24.2 Å². The summed E-state index contributed by atoms with van der Waals surface area (Å²) < 4.78 is 5.27. The molecule has 0 aliphatic carbocycles. The van der Waals surface area contributed by atoms with E-state index in [1.165, 1.54) is 0 Å². The van der Waals surface area contributed by atoms with Gasteiger partial charge >= 0.3 is 6.09 Å². The van der Waals surface area contributed by atoms with E-state index in [-0.39, 0.29) is 23.8 Å². The molecule has 188 valence electrons. The summed E-state index contributed by atoms with van der Waals surface area (Å²) in [6.07, 6.45) is 2.64. The second kappa shape index (κ2) is 14.3. The molecule has 0 rings (SSSR count). The molecule has 0 bridgehead atoms. The summed E-state index contributed by atoms with van der Waals surface area (Å²) in [5, 5.41) is 18.9. The number of hydrogen-bond acceptors (Lipinski definition) is 5. The number of hydrogen-bond donors (Lipinski definition) is 4. The molecular formula is C24H47N3O5. The molecule has 0 aromatic carbocycles. The normalized spacial score (nSPS) is 15.6. The Morgan fingerprint density at radius 2 is 1.31 bits per heavy atom. The Labute approximate surface area is 194 Å². The number of carbonyl (C=O) groups excluding carboxylic acids is 3. The maximum absolute atomic E-state index is 13.0. The average molecular weight is 458 g/mol. The van der Waals surface area contributed by atoms with Gasteiger partial charge in [0.25, 0.3) is 0 Å². The number of unbranched alkanes of at least 4 members (excludes halogenated alkanes) is 1. The summed E-state index contributed by atoms with van der Waals surface area (Å²) in [6.45, 7) is 16.6. The van der Waals surface area contributed by atoms with E-state index in [4.69, 9.17) is 4.74 Å². The smallest absolute Gasteiger partial charge is 0.408 e. The molecule has 0 aliphatic heterocycles. The van der Waals surface area contributed by atoms with Crippen LogP contribution in [-0.2, 0) is 14.3 Å². The first-order chi connectivity index (χ1) is 14.7. The predicted octanol–water partition coefficient (Wildman–Crippen LogP) is 3.51. The van der Waals surface area contributed by atoms with Gasteiger partial charge in [-0.2, -0.15) is 0 Å². The van der Waals surface area contributed by atoms with E-state index in [1.54, 1.807) is 20.8 Å². The van der Waals surface area contributed by atoms with Crippen molar-refractivity contribution in [1.29, 1.82) is 0 Å². The molecule has 0 fully saturated rings. The Morgan fingerprint density at radius 1 is 0.812 bits per heavy atom. The number of carbonyl (C=O) groups is 3. The Hall–Kier alpha value is -1.83. The summed E-state index contributed by atoms with van der Waals surface area (Å²) >= 11 is 0. The number of amides is 3. The monoisotopic (exact) mass is 457 g/mol. The van der Waals surface area contributed by atoms with Crippen LogP contribution in [0.4, 0.5) is 4.79 Å². The van der Waals surface area contributed by atoms with E-state index in [1.807, 2.05) is 34.6 Å². The molecule has 0 unspecified atom stereocenters. The average Bonchev–Trinajstić information content (AvgIpc) is 2.65. The van der Waals surface area contributed by atoms with Gasteiger partial charge in [0.2, 0.25) is 11.8 Å². The number of rotatable bonds is 13. The fourth-order valence-electron chi connectivity index (χ4n) is 3.31. The van der Waals surface area contributed by atoms with Gasteiger partial charge in [-0.05, 0) is 45.4 Å². The van der Waals surface area contributed by atoms with Crippen LogP contribution in [0.5, 0.6) is 0 Å². The largest absolute Gasteiger partial charge is 0.444 e. The Kier molecular flexibility index (Phi) is 13.5. The van der Waals surface area contributed by atoms with Gasteiger partial charge in [0.05, 0.1) is 12.1 Å². The first-order valence-corrected chi connectivity index (χ1v) is 12.0. The molecule has 0 radical (unpaired) electrons. The lowest BCUT2D eigenvalue weighted by molar-refractivity contribution is -0.132. The molecule has 0 saturated carbocycles. The quantitative estimate of drug-likeness (QED) is 0.338. The van der Waals surface area contributed by atoms with Gasteiger partial charge in [-0.15, -0.1) is 0 Å². The van der Waals surface area contributed by atoms with E-state index in [0.29, 0.717) is 12.8 Å². The zero-order chi connectivity index (χ0) is 25.1. The first kappa shape index (κ1) is 30.2. The fraction of sp³-hybridized carbons (Fsp3) is 0.875. The third-order valence-electron chi connectivity index (χ3n) is 5.11. The highest BCUT2D eigenvalue weighted by molar-refractivity contribution is 5.91. The van der Waals surface area contributed by atoms with Crippen LogP contribution in [0.25, 0.3) is 0 Å². The highest BCUT2D eigenvalue weighted by atomic mass is 16.6. The molecule has 4 N–H and O–H groups in total. The lowest BCUT2D eigenvalue weighted by Gasteiger charge is -2.30. The van der Waals surface area contributed by atoms with Crippen molar-refractivity contribution in [3.8, 4) is 0 Å². The lowest BCUT2D eigenvalue weighted by Crippen LogP contribution is -2.59. The Balaban J connectivity index is 5.32. The van der Waals surface area contributed by atoms with Crippen molar-refractivity contribution >= 4 is 17.9 Å². The van der Waals surface area contributed by atoms with E-state index in [9.17, 15) is 19.5 Å². The third-order valence-corrected chi connectivity index (χ3v) is 5.11. The minimum Gasteiger partial charge on any atom is -0.444 e. The van der Waals surface area contributed by atoms with Crippen LogP contribution in [0.1, 0.15) is 94.4 Å². The van der Waals surface area contributed by atoms with Crippen LogP contribution in [-0.4, -0.2) is 52.8 Å². The van der Waals surface area contributed by atoms with Crippen molar-refractivity contribution in [2.75, 3.05) is 0 Å². The van der Waals surface area contributed by atoms with Crippen LogP contribution < -0.4 is 16.0 Å². The minimum absolute atomic E-state index is 0.177. The van der Waals surface area contributed by atoms with Crippen molar-refractivity contribution in [2.24, 2.45) is 11.8 Å². The maximum Gasteiger partial charge on any atom is 0.408 e. The van der Waals surface area contributed by atoms with E-state index in [0.717, 1.165) is 19.3 Å². The second-order valence-electron chi connectivity index (χ2n) is 10.2. The molecule has 3 amide bonds. The SMILES string of the molecule is CCCC[C@H](O)[C@H](CCC)NC(=O)[C@@H](NC(=O)[C@@H](NC(=O)OC(C)(C)C)C(C)C)C(C)C. The summed E-state index contributed by atoms with van der Waals surface area (Å²) in [6, 6.07) is -2.00. The molecule has 0 heterocycles. The molecule has 0 aliphatic rings. The fourth-order valence-corrected chi connectivity index (χ4v) is 3.31. The van der Waals surface area contributed by atoms with Gasteiger partial charge in [-0.25, -0.2) is 4.79 Å². The molecule has 0 spiro atoms. The van der Waals surface area contributed by atoms with Crippen molar-refractivity contribution in [3.05, 3.63) is 0 Å². The zero-order valence-electron chi connectivity index (χ0n) is 21.6. The van der Waals surface area contributed by atoms with Gasteiger partial charge in [0, 0.05) is 0 Å². The predicted molar refractivity (Wildman–Crippen MR) is 127 cm³/mol. The lowest BCUT2D eigenvalue weighted by atomic mass is 9.97. The number of aliphatic hydroxyl groups excluding tert-OH is 1. The van der Waals surface area contributed by atoms with Crippen LogP contribution in [0.15, 0.2) is 0 Å². The van der Waals surface area contributed by atoms with Crippen molar-refractivity contribution in [3.63, 3.8) is 0 Å². The molecule has 0 saturated heterocycles. The molecule has 4 atom stereocenters. The Bertz CT molecular complexity index is 587. The summed E-state index contributed by atoms with van der Waals surface area (Å²) in [5.41, 5.74) is -0.685. The highest BCUT2D eigenvalue weighted by Crippen LogP contribution is 2.13. The molecule has 32 heavy (non-hydrogen) atoms. The van der Waals surface area contributed by atoms with Crippen LogP contribution >= 0.6 is 0 Å².